The molecule has 0 aliphatic heterocycles. The van der Waals surface area contributed by atoms with Crippen molar-refractivity contribution in [2.45, 2.75) is 26.4 Å². The molecule has 2 unspecified atom stereocenters. The van der Waals surface area contributed by atoms with Gasteiger partial charge in [0.15, 0.2) is 0 Å². The van der Waals surface area contributed by atoms with Crippen LogP contribution in [0, 0.1) is 17.2 Å². The van der Waals surface area contributed by atoms with Gasteiger partial charge in [0, 0.05) is 13.6 Å². The Morgan fingerprint density at radius 1 is 1.62 bits per heavy atom. The summed E-state index contributed by atoms with van der Waals surface area (Å²) < 4.78 is 0. The highest BCUT2D eigenvalue weighted by atomic mass is 16.3. The van der Waals surface area contributed by atoms with Crippen LogP contribution in [0.25, 0.3) is 0 Å². The number of rotatable bonds is 4. The number of amides is 1. The number of nitrogens with zero attached hydrogens (tertiary/aromatic N) is 2. The molecule has 0 aliphatic rings. The van der Waals surface area contributed by atoms with Gasteiger partial charge in [-0.2, -0.15) is 5.26 Å². The number of hydrogen-bond donors (Lipinski definition) is 1. The lowest BCUT2D eigenvalue weighted by molar-refractivity contribution is -0.132. The van der Waals surface area contributed by atoms with Gasteiger partial charge in [-0.15, -0.1) is 0 Å². The van der Waals surface area contributed by atoms with E-state index in [2.05, 4.69) is 0 Å². The molecule has 0 radical (unpaired) electrons. The lowest BCUT2D eigenvalue weighted by Crippen LogP contribution is -2.33. The van der Waals surface area contributed by atoms with Crippen molar-refractivity contribution in [3.8, 4) is 6.07 Å². The van der Waals surface area contributed by atoms with Gasteiger partial charge >= 0.3 is 0 Å². The Bertz CT molecular complexity index is 208. The molecule has 0 aromatic heterocycles. The second-order valence-electron chi connectivity index (χ2n) is 3.25. The Hall–Kier alpha value is -1.08. The first kappa shape index (κ1) is 11.9. The fourth-order valence-corrected chi connectivity index (χ4v) is 0.876. The van der Waals surface area contributed by atoms with Gasteiger partial charge < -0.3 is 10.0 Å². The molecule has 0 fully saturated rings. The predicted molar refractivity (Wildman–Crippen MR) is 48.7 cm³/mol. The standard InChI is InChI=1S/C9H16N2O2/c1-7(6-10)9(13)11(3)5-4-8(2)12/h7-8,12H,4-5H2,1-3H3. The molecule has 1 N–H and O–H groups in total. The number of aliphatic hydroxyl groups excluding tert-OH is 1. The summed E-state index contributed by atoms with van der Waals surface area (Å²) in [4.78, 5) is 12.8. The van der Waals surface area contributed by atoms with Crippen molar-refractivity contribution in [3.63, 3.8) is 0 Å². The second kappa shape index (κ2) is 5.55. The number of aliphatic hydroxyl groups is 1. The van der Waals surface area contributed by atoms with Gasteiger partial charge in [0.2, 0.25) is 5.91 Å². The first-order valence-corrected chi connectivity index (χ1v) is 4.31. The van der Waals surface area contributed by atoms with E-state index in [1.807, 2.05) is 6.07 Å². The van der Waals surface area contributed by atoms with E-state index >= 15 is 0 Å². The van der Waals surface area contributed by atoms with Gasteiger partial charge in [-0.25, -0.2) is 0 Å². The topological polar surface area (TPSA) is 64.3 Å². The summed E-state index contributed by atoms with van der Waals surface area (Å²) in [5.74, 6) is -0.790. The van der Waals surface area contributed by atoms with Crippen LogP contribution in [-0.2, 0) is 4.79 Å². The molecule has 0 rings (SSSR count). The maximum atomic E-state index is 11.3. The number of hydrogen-bond acceptors (Lipinski definition) is 3. The summed E-state index contributed by atoms with van der Waals surface area (Å²) in [6.45, 7) is 3.73. The minimum Gasteiger partial charge on any atom is -0.393 e. The summed E-state index contributed by atoms with van der Waals surface area (Å²) >= 11 is 0. The molecule has 13 heavy (non-hydrogen) atoms. The Balaban J connectivity index is 3.91. The zero-order valence-corrected chi connectivity index (χ0v) is 8.32. The average molecular weight is 184 g/mol. The predicted octanol–water partition coefficient (Wildman–Crippen LogP) is 0.375. The number of nitriles is 1. The van der Waals surface area contributed by atoms with Crippen molar-refractivity contribution in [2.75, 3.05) is 13.6 Å². The molecule has 0 aromatic carbocycles. The Labute approximate surface area is 78.8 Å². The second-order valence-corrected chi connectivity index (χ2v) is 3.25. The smallest absolute Gasteiger partial charge is 0.239 e. The third-order valence-corrected chi connectivity index (χ3v) is 1.82. The monoisotopic (exact) mass is 184 g/mol. The summed E-state index contributed by atoms with van der Waals surface area (Å²) in [6.07, 6.45) is 0.132. The molecule has 4 nitrogen and oxygen atoms in total. The summed E-state index contributed by atoms with van der Waals surface area (Å²) in [7, 11) is 1.64. The maximum Gasteiger partial charge on any atom is 0.239 e. The Kier molecular flexibility index (Phi) is 5.09. The molecule has 0 saturated carbocycles. The van der Waals surface area contributed by atoms with E-state index in [1.54, 1.807) is 20.9 Å². The first-order chi connectivity index (χ1) is 5.99. The van der Waals surface area contributed by atoms with Crippen LogP contribution in [0.1, 0.15) is 20.3 Å². The molecule has 0 aliphatic carbocycles. The zero-order valence-electron chi connectivity index (χ0n) is 8.32. The largest absolute Gasteiger partial charge is 0.393 e. The van der Waals surface area contributed by atoms with Crippen LogP contribution in [0.4, 0.5) is 0 Å². The molecule has 0 spiro atoms. The van der Waals surface area contributed by atoms with Crippen molar-refractivity contribution in [1.29, 1.82) is 5.26 Å². The fraction of sp³-hybridized carbons (Fsp3) is 0.778. The molecule has 74 valence electrons. The van der Waals surface area contributed by atoms with Gasteiger partial charge in [-0.05, 0) is 20.3 Å². The third-order valence-electron chi connectivity index (χ3n) is 1.82. The highest BCUT2D eigenvalue weighted by molar-refractivity contribution is 5.80. The molecule has 0 heterocycles. The first-order valence-electron chi connectivity index (χ1n) is 4.31. The zero-order chi connectivity index (χ0) is 10.4. The van der Waals surface area contributed by atoms with E-state index in [9.17, 15) is 4.79 Å². The molecule has 4 heteroatoms. The van der Waals surface area contributed by atoms with Gasteiger partial charge in [-0.3, -0.25) is 4.79 Å². The van der Waals surface area contributed by atoms with Crippen LogP contribution < -0.4 is 0 Å². The fourth-order valence-electron chi connectivity index (χ4n) is 0.876. The van der Waals surface area contributed by atoms with Gasteiger partial charge in [-0.1, -0.05) is 0 Å². The van der Waals surface area contributed by atoms with Crippen molar-refractivity contribution >= 4 is 5.91 Å². The summed E-state index contributed by atoms with van der Waals surface area (Å²) in [5.41, 5.74) is 0. The molecule has 1 amide bonds. The minimum absolute atomic E-state index is 0.192. The van der Waals surface area contributed by atoms with Crippen LogP contribution in [-0.4, -0.2) is 35.6 Å². The van der Waals surface area contributed by atoms with E-state index in [1.165, 1.54) is 4.90 Å². The van der Waals surface area contributed by atoms with Crippen LogP contribution in [0.15, 0.2) is 0 Å². The van der Waals surface area contributed by atoms with E-state index in [0.717, 1.165) is 0 Å². The van der Waals surface area contributed by atoms with Crippen LogP contribution in [0.2, 0.25) is 0 Å². The van der Waals surface area contributed by atoms with E-state index in [-0.39, 0.29) is 5.91 Å². The highest BCUT2D eigenvalue weighted by Gasteiger charge is 2.16. The lowest BCUT2D eigenvalue weighted by Gasteiger charge is -2.18. The minimum atomic E-state index is -0.598. The van der Waals surface area contributed by atoms with Crippen molar-refractivity contribution < 1.29 is 9.90 Å². The van der Waals surface area contributed by atoms with Crippen LogP contribution in [0.3, 0.4) is 0 Å². The summed E-state index contributed by atoms with van der Waals surface area (Å²) in [5, 5.41) is 17.5. The van der Waals surface area contributed by atoms with E-state index in [4.69, 9.17) is 10.4 Å². The van der Waals surface area contributed by atoms with E-state index < -0.39 is 12.0 Å². The normalized spacial score (nSPS) is 14.4. The van der Waals surface area contributed by atoms with E-state index in [0.29, 0.717) is 13.0 Å². The Morgan fingerprint density at radius 2 is 2.15 bits per heavy atom. The van der Waals surface area contributed by atoms with Crippen LogP contribution in [0.5, 0.6) is 0 Å². The Morgan fingerprint density at radius 3 is 2.54 bits per heavy atom. The molecular weight excluding hydrogens is 168 g/mol. The molecule has 2 atom stereocenters. The molecule has 0 saturated heterocycles. The van der Waals surface area contributed by atoms with Crippen molar-refractivity contribution in [3.05, 3.63) is 0 Å². The average Bonchev–Trinajstić information content (AvgIpc) is 2.11. The molecular formula is C9H16N2O2. The number of carbonyl (C=O) groups excluding carboxylic acids is 1. The van der Waals surface area contributed by atoms with Crippen molar-refractivity contribution in [2.24, 2.45) is 5.92 Å². The SMILES string of the molecule is CC(O)CCN(C)C(=O)C(C)C#N. The molecule has 0 bridgehead atoms. The number of carbonyl (C=O) groups is 1. The van der Waals surface area contributed by atoms with Gasteiger partial charge in [0.1, 0.15) is 5.92 Å². The van der Waals surface area contributed by atoms with Gasteiger partial charge in [0.25, 0.3) is 0 Å². The summed E-state index contributed by atoms with van der Waals surface area (Å²) in [6, 6.07) is 1.88. The van der Waals surface area contributed by atoms with Crippen molar-refractivity contribution in [1.82, 2.24) is 4.90 Å². The third kappa shape index (κ3) is 4.48. The van der Waals surface area contributed by atoms with Gasteiger partial charge in [0.05, 0.1) is 12.2 Å². The quantitative estimate of drug-likeness (QED) is 0.686. The lowest BCUT2D eigenvalue weighted by atomic mass is 10.2. The highest BCUT2D eigenvalue weighted by Crippen LogP contribution is 2.01. The molecule has 0 aromatic rings. The maximum absolute atomic E-state index is 11.3. The van der Waals surface area contributed by atoms with Crippen LogP contribution >= 0.6 is 0 Å².